The fourth-order valence-electron chi connectivity index (χ4n) is 4.36. The molecule has 254 valence electrons. The highest BCUT2D eigenvalue weighted by atomic mass is 35.5. The Bertz CT molecular complexity index is 1390. The number of halogens is 8. The van der Waals surface area contributed by atoms with Crippen molar-refractivity contribution in [2.75, 3.05) is 31.6 Å². The van der Waals surface area contributed by atoms with Crippen molar-refractivity contribution in [2.45, 2.75) is 63.7 Å². The summed E-state index contributed by atoms with van der Waals surface area (Å²) < 4.78 is 92.7. The van der Waals surface area contributed by atoms with E-state index in [0.717, 1.165) is 17.7 Å². The Morgan fingerprint density at radius 3 is 2.11 bits per heavy atom. The first-order valence-electron chi connectivity index (χ1n) is 13.9. The maximum absolute atomic E-state index is 13.2. The zero-order chi connectivity index (χ0) is 34.3. The number of carbonyl (C=O) groups is 3. The lowest BCUT2D eigenvalue weighted by Gasteiger charge is -2.36. The molecule has 1 fully saturated rings. The Labute approximate surface area is 270 Å². The number of ether oxygens (including phenoxy) is 3. The number of alkyl halides is 6. The first kappa shape index (κ1) is 37.2. The molecule has 1 atom stereocenters. The van der Waals surface area contributed by atoms with Gasteiger partial charge >= 0.3 is 24.3 Å². The highest BCUT2D eigenvalue weighted by molar-refractivity contribution is 6.32. The summed E-state index contributed by atoms with van der Waals surface area (Å²) in [4.78, 5) is 37.5. The smallest absolute Gasteiger partial charge is 0.487 e. The Morgan fingerprint density at radius 2 is 1.54 bits per heavy atom. The molecule has 1 aliphatic heterocycles. The lowest BCUT2D eigenvalue weighted by Crippen LogP contribution is -2.52. The maximum Gasteiger partial charge on any atom is 0.491 e. The highest BCUT2D eigenvalue weighted by Gasteiger charge is 2.46. The third-order valence-corrected chi connectivity index (χ3v) is 7.39. The Morgan fingerprint density at radius 1 is 0.935 bits per heavy atom. The fraction of sp³-hybridized carbons (Fsp3) is 0.483. The van der Waals surface area contributed by atoms with Crippen molar-refractivity contribution in [1.29, 1.82) is 0 Å². The van der Waals surface area contributed by atoms with Crippen LogP contribution in [0, 0.1) is 0 Å². The van der Waals surface area contributed by atoms with Crippen molar-refractivity contribution in [3.63, 3.8) is 0 Å². The summed E-state index contributed by atoms with van der Waals surface area (Å²) in [5, 5.41) is 5.62. The molecule has 0 radical (unpaired) electrons. The minimum absolute atomic E-state index is 0.0365. The first-order chi connectivity index (χ1) is 21.4. The SMILES string of the molecule is CCC(=O)Nc1cc(Cl)c(OC(=O)C(F)(F)F)cc1OC[C@](C)(CNC1CCN(Cc2ccc(Cl)cc2)CC1)OC(=O)C(F)(F)F. The van der Waals surface area contributed by atoms with E-state index >= 15 is 0 Å². The van der Waals surface area contributed by atoms with Gasteiger partial charge in [0.2, 0.25) is 5.91 Å². The zero-order valence-corrected chi connectivity index (χ0v) is 26.1. The predicted octanol–water partition coefficient (Wildman–Crippen LogP) is 6.31. The molecular weight excluding hydrogens is 671 g/mol. The van der Waals surface area contributed by atoms with E-state index in [1.54, 1.807) is 12.1 Å². The van der Waals surface area contributed by atoms with Gasteiger partial charge in [-0.05, 0) is 56.6 Å². The lowest BCUT2D eigenvalue weighted by molar-refractivity contribution is -0.214. The maximum atomic E-state index is 13.2. The van der Waals surface area contributed by atoms with Gasteiger partial charge in [0.15, 0.2) is 11.4 Å². The van der Waals surface area contributed by atoms with Crippen LogP contribution in [0.15, 0.2) is 36.4 Å². The summed E-state index contributed by atoms with van der Waals surface area (Å²) in [6.45, 7) is 3.61. The van der Waals surface area contributed by atoms with Gasteiger partial charge in [-0.25, -0.2) is 9.59 Å². The summed E-state index contributed by atoms with van der Waals surface area (Å²) in [5.41, 5.74) is -1.09. The van der Waals surface area contributed by atoms with E-state index in [9.17, 15) is 40.7 Å². The molecule has 46 heavy (non-hydrogen) atoms. The average molecular weight is 702 g/mol. The number of nitrogens with zero attached hydrogens (tertiary/aromatic N) is 1. The van der Waals surface area contributed by atoms with Crippen molar-refractivity contribution in [2.24, 2.45) is 0 Å². The van der Waals surface area contributed by atoms with Gasteiger partial charge in [-0.15, -0.1) is 0 Å². The number of nitrogens with one attached hydrogen (secondary N) is 2. The molecule has 1 aliphatic rings. The number of anilines is 1. The second-order valence-corrected chi connectivity index (χ2v) is 11.6. The molecular formula is C29H31Cl2F6N3O6. The molecule has 0 unspecified atom stereocenters. The van der Waals surface area contributed by atoms with E-state index < -0.39 is 58.9 Å². The molecule has 0 saturated carbocycles. The molecule has 1 heterocycles. The van der Waals surface area contributed by atoms with Crippen molar-refractivity contribution in [3.05, 3.63) is 52.0 Å². The molecule has 0 aromatic heterocycles. The molecule has 0 spiro atoms. The molecule has 0 aliphatic carbocycles. The standard InChI is InChI=1S/C29H31Cl2F6N3O6/c1-3-24(41)39-21-12-20(31)22(45-25(42)28(32,33)34)13-23(21)44-16-27(2,46-26(43)29(35,36)37)15-38-19-8-10-40(11-9-19)14-17-4-6-18(30)7-5-17/h4-7,12-13,19,38H,3,8-11,14-16H2,1-2H3,(H,39,41)/t27-/m0/s1. The number of carbonyl (C=O) groups excluding carboxylic acids is 3. The third-order valence-electron chi connectivity index (χ3n) is 6.84. The third kappa shape index (κ3) is 11.2. The number of likely N-dealkylation sites (tertiary alicyclic amines) is 1. The van der Waals surface area contributed by atoms with Gasteiger partial charge in [-0.1, -0.05) is 42.3 Å². The van der Waals surface area contributed by atoms with Crippen LogP contribution in [-0.2, 0) is 25.7 Å². The van der Waals surface area contributed by atoms with Crippen LogP contribution in [0.5, 0.6) is 11.5 Å². The van der Waals surface area contributed by atoms with Crippen LogP contribution in [0.3, 0.4) is 0 Å². The van der Waals surface area contributed by atoms with Gasteiger partial charge < -0.3 is 24.8 Å². The second kappa shape index (κ2) is 15.5. The monoisotopic (exact) mass is 701 g/mol. The first-order valence-corrected chi connectivity index (χ1v) is 14.7. The van der Waals surface area contributed by atoms with E-state index in [-0.39, 0.29) is 24.7 Å². The van der Waals surface area contributed by atoms with E-state index in [2.05, 4.69) is 20.3 Å². The largest absolute Gasteiger partial charge is 0.491 e. The van der Waals surface area contributed by atoms with Gasteiger partial charge in [0.25, 0.3) is 0 Å². The van der Waals surface area contributed by atoms with E-state index in [0.29, 0.717) is 37.5 Å². The van der Waals surface area contributed by atoms with Gasteiger partial charge in [0.05, 0.1) is 10.7 Å². The van der Waals surface area contributed by atoms with E-state index in [4.69, 9.17) is 32.7 Å². The number of hydrogen-bond acceptors (Lipinski definition) is 8. The molecule has 2 aromatic rings. The fourth-order valence-corrected chi connectivity index (χ4v) is 4.69. The number of piperidine rings is 1. The minimum Gasteiger partial charge on any atom is -0.487 e. The molecule has 1 amide bonds. The van der Waals surface area contributed by atoms with Crippen molar-refractivity contribution < 1.29 is 54.9 Å². The Balaban J connectivity index is 1.75. The second-order valence-electron chi connectivity index (χ2n) is 10.8. The molecule has 9 nitrogen and oxygen atoms in total. The van der Waals surface area contributed by atoms with Crippen LogP contribution in [0.1, 0.15) is 38.7 Å². The van der Waals surface area contributed by atoms with Crippen LogP contribution in [0.2, 0.25) is 10.0 Å². The highest BCUT2D eigenvalue weighted by Crippen LogP contribution is 2.38. The van der Waals surface area contributed by atoms with E-state index in [1.165, 1.54) is 13.8 Å². The van der Waals surface area contributed by atoms with Crippen molar-refractivity contribution >= 4 is 46.7 Å². The summed E-state index contributed by atoms with van der Waals surface area (Å²) >= 11 is 11.9. The minimum atomic E-state index is -5.37. The Kier molecular flexibility index (Phi) is 12.6. The van der Waals surface area contributed by atoms with Crippen LogP contribution in [0.25, 0.3) is 0 Å². The van der Waals surface area contributed by atoms with Crippen LogP contribution in [-0.4, -0.2) is 73.0 Å². The zero-order valence-electron chi connectivity index (χ0n) is 24.6. The van der Waals surface area contributed by atoms with Gasteiger partial charge in [-0.3, -0.25) is 9.69 Å². The van der Waals surface area contributed by atoms with Gasteiger partial charge in [0.1, 0.15) is 12.4 Å². The number of esters is 2. The average Bonchev–Trinajstić information content (AvgIpc) is 2.97. The number of amides is 1. The molecule has 17 heteroatoms. The van der Waals surface area contributed by atoms with Crippen LogP contribution < -0.4 is 20.1 Å². The number of benzene rings is 2. The summed E-state index contributed by atoms with van der Waals surface area (Å²) in [7, 11) is 0. The summed E-state index contributed by atoms with van der Waals surface area (Å²) in [6, 6.07) is 8.94. The summed E-state index contributed by atoms with van der Waals surface area (Å²) in [6.07, 6.45) is -9.51. The number of hydrogen-bond donors (Lipinski definition) is 2. The molecule has 1 saturated heterocycles. The lowest BCUT2D eigenvalue weighted by atomic mass is 10.0. The Hall–Kier alpha value is -3.27. The van der Waals surface area contributed by atoms with Crippen molar-refractivity contribution in [1.82, 2.24) is 10.2 Å². The topological polar surface area (TPSA) is 106 Å². The van der Waals surface area contributed by atoms with Crippen LogP contribution >= 0.6 is 23.2 Å². The quantitative estimate of drug-likeness (QED) is 0.151. The normalized spacial score (nSPS) is 16.0. The van der Waals surface area contributed by atoms with Crippen molar-refractivity contribution in [3.8, 4) is 11.5 Å². The summed E-state index contributed by atoms with van der Waals surface area (Å²) in [5.74, 6) is -6.88. The predicted molar refractivity (Wildman–Crippen MR) is 156 cm³/mol. The number of rotatable bonds is 12. The van der Waals surface area contributed by atoms with Gasteiger partial charge in [-0.2, -0.15) is 26.3 Å². The van der Waals surface area contributed by atoms with Gasteiger partial charge in [0, 0.05) is 36.6 Å². The molecule has 0 bridgehead atoms. The van der Waals surface area contributed by atoms with Crippen LogP contribution in [0.4, 0.5) is 32.0 Å². The van der Waals surface area contributed by atoms with E-state index in [1.807, 2.05) is 12.1 Å². The molecule has 2 N–H and O–H groups in total. The molecule has 2 aromatic carbocycles. The molecule has 3 rings (SSSR count).